The Morgan fingerprint density at radius 1 is 1.21 bits per heavy atom. The molecular formula is C25H31N5O3. The van der Waals surface area contributed by atoms with Gasteiger partial charge in [-0.2, -0.15) is 0 Å². The number of rotatable bonds is 2. The highest BCUT2D eigenvalue weighted by atomic mass is 16.5. The molecule has 8 nitrogen and oxygen atoms in total. The van der Waals surface area contributed by atoms with Crippen molar-refractivity contribution < 1.29 is 14.3 Å². The molecule has 33 heavy (non-hydrogen) atoms. The summed E-state index contributed by atoms with van der Waals surface area (Å²) < 4.78 is 5.44. The molecule has 1 saturated heterocycles. The zero-order chi connectivity index (χ0) is 23.4. The van der Waals surface area contributed by atoms with Crippen LogP contribution in [-0.2, 0) is 4.79 Å². The smallest absolute Gasteiger partial charge is 0.269 e. The second-order valence-corrected chi connectivity index (χ2v) is 10.3. The summed E-state index contributed by atoms with van der Waals surface area (Å²) in [7, 11) is 1.62. The van der Waals surface area contributed by atoms with E-state index in [0.29, 0.717) is 30.1 Å². The molecule has 0 saturated carbocycles. The number of methoxy groups -OCH3 is 1. The molecule has 1 spiro atoms. The van der Waals surface area contributed by atoms with Gasteiger partial charge in [-0.05, 0) is 63.8 Å². The Morgan fingerprint density at radius 2 is 1.97 bits per heavy atom. The van der Waals surface area contributed by atoms with Gasteiger partial charge in [-0.3, -0.25) is 14.6 Å². The second-order valence-electron chi connectivity index (χ2n) is 10.3. The third-order valence-corrected chi connectivity index (χ3v) is 7.08. The van der Waals surface area contributed by atoms with Gasteiger partial charge >= 0.3 is 0 Å². The quantitative estimate of drug-likeness (QED) is 0.733. The molecule has 0 unspecified atom stereocenters. The van der Waals surface area contributed by atoms with Crippen molar-refractivity contribution in [1.82, 2.24) is 25.6 Å². The molecule has 2 N–H and O–H groups in total. The van der Waals surface area contributed by atoms with Gasteiger partial charge in [-0.1, -0.05) is 6.07 Å². The van der Waals surface area contributed by atoms with E-state index in [-0.39, 0.29) is 22.9 Å². The molecule has 0 atom stereocenters. The fourth-order valence-electron chi connectivity index (χ4n) is 5.08. The number of hydrogen-bond donors (Lipinski definition) is 2. The molecule has 4 heterocycles. The number of nitrogens with one attached hydrogen (secondary N) is 2. The van der Waals surface area contributed by atoms with Gasteiger partial charge in [0.05, 0.1) is 18.2 Å². The van der Waals surface area contributed by atoms with Gasteiger partial charge in [0, 0.05) is 42.3 Å². The topological polar surface area (TPSA) is 86.8 Å². The minimum Gasteiger partial charge on any atom is -0.496 e. The summed E-state index contributed by atoms with van der Waals surface area (Å²) in [6.45, 7) is 8.35. The predicted octanol–water partition coefficient (Wildman–Crippen LogP) is 2.61. The molecule has 3 aliphatic rings. The van der Waals surface area contributed by atoms with Gasteiger partial charge in [-0.25, -0.2) is 5.01 Å². The molecule has 3 aliphatic heterocycles. The number of fused-ring (bicyclic) bond motifs is 1. The first kappa shape index (κ1) is 21.7. The summed E-state index contributed by atoms with van der Waals surface area (Å²) in [5, 5.41) is 6.21. The molecule has 1 aromatic heterocycles. The number of amides is 2. The van der Waals surface area contributed by atoms with Crippen LogP contribution in [0.3, 0.4) is 0 Å². The van der Waals surface area contributed by atoms with Crippen molar-refractivity contribution in [1.29, 1.82) is 0 Å². The minimum absolute atomic E-state index is 0.0337. The SMILES string of the molecule is COc1cccc2ncc(C(=O)N3CCC4(CC3)CC3=C(NN(C(C)(C)C)C3)C(=O)N4)cc12. The number of carbonyl (C=O) groups is 2. The third-order valence-electron chi connectivity index (χ3n) is 7.08. The Hall–Kier alpha value is -3.13. The second kappa shape index (κ2) is 7.73. The number of ether oxygens (including phenoxy) is 1. The largest absolute Gasteiger partial charge is 0.496 e. The average molecular weight is 450 g/mol. The summed E-state index contributed by atoms with van der Waals surface area (Å²) in [5.74, 6) is 0.637. The maximum atomic E-state index is 13.2. The highest BCUT2D eigenvalue weighted by Gasteiger charge is 2.45. The first-order valence-electron chi connectivity index (χ1n) is 11.5. The monoisotopic (exact) mass is 449 g/mol. The van der Waals surface area contributed by atoms with Crippen LogP contribution >= 0.6 is 0 Å². The number of hydrogen-bond acceptors (Lipinski definition) is 6. The van der Waals surface area contributed by atoms with Gasteiger partial charge in [0.1, 0.15) is 11.4 Å². The number of benzene rings is 1. The zero-order valence-electron chi connectivity index (χ0n) is 19.7. The Bertz CT molecular complexity index is 1160. The van der Waals surface area contributed by atoms with E-state index in [1.165, 1.54) is 5.57 Å². The number of likely N-dealkylation sites (tertiary alicyclic amines) is 1. The van der Waals surface area contributed by atoms with Crippen LogP contribution in [0, 0.1) is 0 Å². The minimum atomic E-state index is -0.285. The Balaban J connectivity index is 1.29. The van der Waals surface area contributed by atoms with Crippen LogP contribution < -0.4 is 15.5 Å². The maximum Gasteiger partial charge on any atom is 0.269 e. The first-order chi connectivity index (χ1) is 15.7. The lowest BCUT2D eigenvalue weighted by atomic mass is 9.79. The van der Waals surface area contributed by atoms with Crippen LogP contribution in [-0.4, -0.2) is 64.5 Å². The number of aromatic nitrogens is 1. The Morgan fingerprint density at radius 3 is 2.67 bits per heavy atom. The lowest BCUT2D eigenvalue weighted by Gasteiger charge is -2.44. The van der Waals surface area contributed by atoms with Crippen molar-refractivity contribution in [3.8, 4) is 5.75 Å². The van der Waals surface area contributed by atoms with Crippen LogP contribution in [0.15, 0.2) is 41.7 Å². The van der Waals surface area contributed by atoms with E-state index in [0.717, 1.165) is 36.7 Å². The number of carbonyl (C=O) groups excluding carboxylic acids is 2. The van der Waals surface area contributed by atoms with E-state index in [1.807, 2.05) is 29.2 Å². The maximum absolute atomic E-state index is 13.2. The van der Waals surface area contributed by atoms with Gasteiger partial charge in [0.2, 0.25) is 0 Å². The highest BCUT2D eigenvalue weighted by molar-refractivity contribution is 5.99. The van der Waals surface area contributed by atoms with Crippen LogP contribution in [0.2, 0.25) is 0 Å². The fraction of sp³-hybridized carbons (Fsp3) is 0.480. The Labute approximate surface area is 193 Å². The summed E-state index contributed by atoms with van der Waals surface area (Å²) in [6, 6.07) is 7.53. The molecule has 8 heteroatoms. The summed E-state index contributed by atoms with van der Waals surface area (Å²) >= 11 is 0. The first-order valence-corrected chi connectivity index (χ1v) is 11.5. The lowest BCUT2D eigenvalue weighted by Crippen LogP contribution is -2.59. The van der Waals surface area contributed by atoms with Crippen LogP contribution in [0.25, 0.3) is 10.9 Å². The van der Waals surface area contributed by atoms with Crippen LogP contribution in [0.5, 0.6) is 5.75 Å². The van der Waals surface area contributed by atoms with E-state index in [1.54, 1.807) is 13.3 Å². The van der Waals surface area contributed by atoms with Gasteiger partial charge in [-0.15, -0.1) is 0 Å². The van der Waals surface area contributed by atoms with E-state index >= 15 is 0 Å². The molecule has 0 radical (unpaired) electrons. The van der Waals surface area contributed by atoms with Crippen LogP contribution in [0.4, 0.5) is 0 Å². The molecule has 174 valence electrons. The van der Waals surface area contributed by atoms with Crippen molar-refractivity contribution >= 4 is 22.7 Å². The van der Waals surface area contributed by atoms with E-state index < -0.39 is 0 Å². The molecule has 0 aliphatic carbocycles. The number of hydrazine groups is 1. The number of nitrogens with zero attached hydrogens (tertiary/aromatic N) is 3. The summed E-state index contributed by atoms with van der Waals surface area (Å²) in [6.07, 6.45) is 3.94. The molecule has 2 aromatic rings. The van der Waals surface area contributed by atoms with Crippen molar-refractivity contribution in [2.24, 2.45) is 0 Å². The van der Waals surface area contributed by atoms with E-state index in [2.05, 4.69) is 41.5 Å². The van der Waals surface area contributed by atoms with E-state index in [4.69, 9.17) is 4.74 Å². The van der Waals surface area contributed by atoms with Crippen molar-refractivity contribution in [3.05, 3.63) is 47.3 Å². The van der Waals surface area contributed by atoms with Crippen molar-refractivity contribution in [2.75, 3.05) is 26.7 Å². The Kier molecular flexibility index (Phi) is 5.08. The van der Waals surface area contributed by atoms with Crippen LogP contribution in [0.1, 0.15) is 50.4 Å². The fourth-order valence-corrected chi connectivity index (χ4v) is 5.08. The number of pyridine rings is 1. The number of piperidine rings is 1. The average Bonchev–Trinajstić information content (AvgIpc) is 3.23. The normalized spacial score (nSPS) is 20.6. The summed E-state index contributed by atoms with van der Waals surface area (Å²) in [5.41, 5.74) is 6.16. The lowest BCUT2D eigenvalue weighted by molar-refractivity contribution is -0.121. The standard InChI is InChI=1S/C25H31N5O3/c1-24(2,3)30-15-17-13-25(27-22(31)21(17)28-30)8-10-29(11-9-25)23(32)16-12-18-19(26-14-16)6-5-7-20(18)33-4/h5-7,12,14,28H,8-11,13,15H2,1-4H3,(H,27,31). The highest BCUT2D eigenvalue weighted by Crippen LogP contribution is 2.37. The molecule has 5 rings (SSSR count). The van der Waals surface area contributed by atoms with Gasteiger partial charge in [0.15, 0.2) is 0 Å². The van der Waals surface area contributed by atoms with Crippen molar-refractivity contribution in [3.63, 3.8) is 0 Å². The van der Waals surface area contributed by atoms with Crippen molar-refractivity contribution in [2.45, 2.75) is 51.1 Å². The summed E-state index contributed by atoms with van der Waals surface area (Å²) in [4.78, 5) is 32.5. The molecule has 1 fully saturated rings. The molecular weight excluding hydrogens is 418 g/mol. The predicted molar refractivity (Wildman–Crippen MR) is 126 cm³/mol. The molecule has 1 aromatic carbocycles. The molecule has 2 amide bonds. The zero-order valence-corrected chi connectivity index (χ0v) is 19.7. The van der Waals surface area contributed by atoms with E-state index in [9.17, 15) is 9.59 Å². The molecule has 0 bridgehead atoms. The third kappa shape index (κ3) is 3.82. The van der Waals surface area contributed by atoms with Gasteiger partial charge in [0.25, 0.3) is 11.8 Å². The van der Waals surface area contributed by atoms with Gasteiger partial charge < -0.3 is 20.4 Å².